The molecule has 232 valence electrons. The third-order valence-corrected chi connectivity index (χ3v) is 8.34. The number of fused-ring (bicyclic) bond motifs is 4. The first-order chi connectivity index (χ1) is 19.6. The van der Waals surface area contributed by atoms with Crippen LogP contribution >= 0.6 is 0 Å². The second kappa shape index (κ2) is 16.7. The maximum absolute atomic E-state index is 12.9. The molecule has 0 unspecified atom stereocenters. The SMILES string of the molecule is C/C(=C/C=C\C[C@H](O)C[C@@H]1CCC[C@H]2O[C@@](O)(CC[C@@H]3CC[C@H](O3)C(=O)O1)[C@H](O)[C@@H](O)[C@@H]2C)C/C=C\C=C/CCO. The number of aliphatic hydroxyl groups is 5. The molecular formula is C32H50O9. The van der Waals surface area contributed by atoms with Gasteiger partial charge >= 0.3 is 5.97 Å². The van der Waals surface area contributed by atoms with Crippen molar-refractivity contribution in [3.05, 3.63) is 48.1 Å². The van der Waals surface area contributed by atoms with Gasteiger partial charge in [-0.25, -0.2) is 4.79 Å². The maximum atomic E-state index is 12.9. The van der Waals surface area contributed by atoms with Gasteiger partial charge in [0.15, 0.2) is 11.9 Å². The Balaban J connectivity index is 1.57. The lowest BCUT2D eigenvalue weighted by Crippen LogP contribution is -2.61. The molecule has 0 aromatic carbocycles. The van der Waals surface area contributed by atoms with E-state index in [2.05, 4.69) is 0 Å². The minimum absolute atomic E-state index is 0.0946. The Bertz CT molecular complexity index is 928. The highest BCUT2D eigenvalue weighted by molar-refractivity contribution is 5.75. The van der Waals surface area contributed by atoms with Crippen molar-refractivity contribution in [2.24, 2.45) is 5.92 Å². The number of rotatable bonds is 10. The fourth-order valence-electron chi connectivity index (χ4n) is 5.73. The molecule has 0 aromatic rings. The second-order valence-electron chi connectivity index (χ2n) is 11.8. The van der Waals surface area contributed by atoms with E-state index in [9.17, 15) is 25.2 Å². The molecule has 0 amide bonds. The average Bonchev–Trinajstić information content (AvgIpc) is 3.42. The molecule has 0 saturated carbocycles. The van der Waals surface area contributed by atoms with Crippen LogP contribution in [0.25, 0.3) is 0 Å². The molecule has 0 spiro atoms. The van der Waals surface area contributed by atoms with E-state index < -0.39 is 48.4 Å². The standard InChI is InChI=1S/C32H50O9/c1-22(11-6-4-3-5-9-20-33)12-7-8-13-24(34)21-26-14-10-15-27-23(2)29(35)30(36)32(38,41-27)19-18-25-16-17-28(39-25)31(37)40-26/h3-8,12,23-30,33-36,38H,9-11,13-21H2,1-2H3/b5-3-,6-4-,8-7-,22-12-/t23-,24+,25+,26+,27-,28+,29+,30-,32+/m1/s1. The van der Waals surface area contributed by atoms with E-state index in [1.165, 1.54) is 5.57 Å². The molecule has 5 N–H and O–H groups in total. The maximum Gasteiger partial charge on any atom is 0.335 e. The highest BCUT2D eigenvalue weighted by Gasteiger charge is 2.51. The lowest BCUT2D eigenvalue weighted by molar-refractivity contribution is -0.340. The molecule has 9 heteroatoms. The van der Waals surface area contributed by atoms with E-state index in [1.54, 1.807) is 6.92 Å². The Hall–Kier alpha value is -1.85. The normalized spacial score (nSPS) is 36.6. The number of carbonyl (C=O) groups is 1. The summed E-state index contributed by atoms with van der Waals surface area (Å²) in [4.78, 5) is 12.9. The van der Waals surface area contributed by atoms with Crippen LogP contribution in [0.4, 0.5) is 0 Å². The number of allylic oxidation sites excluding steroid dienone is 6. The Labute approximate surface area is 244 Å². The number of esters is 1. The number of aliphatic hydroxyl groups excluding tert-OH is 4. The quantitative estimate of drug-likeness (QED) is 0.194. The molecule has 9 nitrogen and oxygen atoms in total. The van der Waals surface area contributed by atoms with Gasteiger partial charge in [0.05, 0.1) is 24.4 Å². The van der Waals surface area contributed by atoms with Crippen LogP contribution in [0.2, 0.25) is 0 Å². The lowest BCUT2D eigenvalue weighted by Gasteiger charge is -2.47. The van der Waals surface area contributed by atoms with Gasteiger partial charge in [0.2, 0.25) is 0 Å². The van der Waals surface area contributed by atoms with E-state index in [4.69, 9.17) is 19.3 Å². The van der Waals surface area contributed by atoms with Gasteiger partial charge in [-0.1, -0.05) is 55.0 Å². The predicted molar refractivity (Wildman–Crippen MR) is 155 cm³/mol. The van der Waals surface area contributed by atoms with Crippen molar-refractivity contribution in [2.75, 3.05) is 6.61 Å². The zero-order valence-corrected chi connectivity index (χ0v) is 24.5. The molecule has 3 saturated heterocycles. The first kappa shape index (κ1) is 33.6. The zero-order chi connectivity index (χ0) is 29.8. The van der Waals surface area contributed by atoms with Crippen LogP contribution in [-0.4, -0.2) is 86.6 Å². The van der Waals surface area contributed by atoms with Crippen molar-refractivity contribution in [3.8, 4) is 0 Å². The summed E-state index contributed by atoms with van der Waals surface area (Å²) in [5.74, 6) is -2.67. The summed E-state index contributed by atoms with van der Waals surface area (Å²) < 4.78 is 17.7. The smallest absolute Gasteiger partial charge is 0.335 e. The van der Waals surface area contributed by atoms with E-state index in [1.807, 2.05) is 49.5 Å². The fourth-order valence-corrected chi connectivity index (χ4v) is 5.73. The van der Waals surface area contributed by atoms with Gasteiger partial charge in [0.1, 0.15) is 12.2 Å². The zero-order valence-electron chi connectivity index (χ0n) is 24.5. The first-order valence-corrected chi connectivity index (χ1v) is 15.2. The van der Waals surface area contributed by atoms with Gasteiger partial charge in [-0.15, -0.1) is 0 Å². The predicted octanol–water partition coefficient (Wildman–Crippen LogP) is 3.38. The molecule has 0 aromatic heterocycles. The van der Waals surface area contributed by atoms with Crippen molar-refractivity contribution in [2.45, 2.75) is 133 Å². The summed E-state index contributed by atoms with van der Waals surface area (Å²) >= 11 is 0. The van der Waals surface area contributed by atoms with Gasteiger partial charge in [-0.2, -0.15) is 0 Å². The molecule has 3 fully saturated rings. The summed E-state index contributed by atoms with van der Waals surface area (Å²) in [6, 6.07) is 0. The topological polar surface area (TPSA) is 146 Å². The Morgan fingerprint density at radius 1 is 1.07 bits per heavy atom. The van der Waals surface area contributed by atoms with Gasteiger partial charge in [0, 0.05) is 25.4 Å². The van der Waals surface area contributed by atoms with E-state index >= 15 is 0 Å². The van der Waals surface area contributed by atoms with Crippen molar-refractivity contribution in [1.82, 2.24) is 0 Å². The number of cyclic esters (lactones) is 1. The third kappa shape index (κ3) is 10.4. The summed E-state index contributed by atoms with van der Waals surface area (Å²) in [5.41, 5.74) is 1.17. The number of hydrogen-bond donors (Lipinski definition) is 5. The van der Waals surface area contributed by atoms with E-state index in [0.29, 0.717) is 51.4 Å². The van der Waals surface area contributed by atoms with Crippen LogP contribution in [0.5, 0.6) is 0 Å². The van der Waals surface area contributed by atoms with Crippen LogP contribution in [0.15, 0.2) is 48.1 Å². The van der Waals surface area contributed by atoms with Crippen molar-refractivity contribution < 1.29 is 44.5 Å². The molecule has 3 heterocycles. The largest absolute Gasteiger partial charge is 0.460 e. The monoisotopic (exact) mass is 578 g/mol. The van der Waals surface area contributed by atoms with Crippen LogP contribution < -0.4 is 0 Å². The number of ether oxygens (including phenoxy) is 3. The van der Waals surface area contributed by atoms with Crippen LogP contribution in [0.3, 0.4) is 0 Å². The van der Waals surface area contributed by atoms with Gasteiger partial charge in [0.25, 0.3) is 0 Å². The molecule has 9 atom stereocenters. The van der Waals surface area contributed by atoms with Crippen molar-refractivity contribution in [3.63, 3.8) is 0 Å². The van der Waals surface area contributed by atoms with Crippen LogP contribution in [0, 0.1) is 5.92 Å². The fraction of sp³-hybridized carbons (Fsp3) is 0.719. The molecule has 3 rings (SSSR count). The molecule has 3 aliphatic rings. The summed E-state index contributed by atoms with van der Waals surface area (Å²) in [6.07, 6.45) is 13.8. The van der Waals surface area contributed by atoms with Crippen molar-refractivity contribution in [1.29, 1.82) is 0 Å². The Morgan fingerprint density at radius 2 is 1.85 bits per heavy atom. The number of hydrogen-bond acceptors (Lipinski definition) is 9. The van der Waals surface area contributed by atoms with Crippen LogP contribution in [0.1, 0.15) is 84.5 Å². The second-order valence-corrected chi connectivity index (χ2v) is 11.8. The Morgan fingerprint density at radius 3 is 2.63 bits per heavy atom. The van der Waals surface area contributed by atoms with Gasteiger partial charge in [-0.05, 0) is 64.7 Å². The molecule has 41 heavy (non-hydrogen) atoms. The number of carbonyl (C=O) groups excluding carboxylic acids is 1. The molecule has 0 aliphatic carbocycles. The minimum Gasteiger partial charge on any atom is -0.460 e. The summed E-state index contributed by atoms with van der Waals surface area (Å²) in [5, 5.41) is 51.8. The molecule has 4 bridgehead atoms. The molecule has 0 radical (unpaired) electrons. The van der Waals surface area contributed by atoms with Gasteiger partial charge < -0.3 is 39.7 Å². The van der Waals surface area contributed by atoms with E-state index in [0.717, 1.165) is 6.42 Å². The highest BCUT2D eigenvalue weighted by Crippen LogP contribution is 2.38. The lowest BCUT2D eigenvalue weighted by atomic mass is 9.82. The Kier molecular flexibility index (Phi) is 13.7. The van der Waals surface area contributed by atoms with E-state index in [-0.39, 0.29) is 31.5 Å². The van der Waals surface area contributed by atoms with Crippen molar-refractivity contribution >= 4 is 5.97 Å². The average molecular weight is 579 g/mol. The van der Waals surface area contributed by atoms with Crippen LogP contribution in [-0.2, 0) is 19.0 Å². The summed E-state index contributed by atoms with van der Waals surface area (Å²) in [6.45, 7) is 3.97. The molecular weight excluding hydrogens is 528 g/mol. The first-order valence-electron chi connectivity index (χ1n) is 15.2. The minimum atomic E-state index is -1.87. The van der Waals surface area contributed by atoms with Gasteiger partial charge in [-0.3, -0.25) is 0 Å². The summed E-state index contributed by atoms with van der Waals surface area (Å²) in [7, 11) is 0. The third-order valence-electron chi connectivity index (χ3n) is 8.34. The highest BCUT2D eigenvalue weighted by atomic mass is 16.7. The molecule has 3 aliphatic heterocycles.